The Bertz CT molecular complexity index is 473. The number of carboxylic acids is 1. The summed E-state index contributed by atoms with van der Waals surface area (Å²) in [7, 11) is 1.98. The van der Waals surface area contributed by atoms with Gasteiger partial charge >= 0.3 is 5.97 Å². The van der Waals surface area contributed by atoms with Gasteiger partial charge in [0.1, 0.15) is 5.41 Å². The summed E-state index contributed by atoms with van der Waals surface area (Å²) in [5.74, 6) is -0.421. The molecule has 1 amide bonds. The highest BCUT2D eigenvalue weighted by Gasteiger charge is 2.56. The molecule has 5 nitrogen and oxygen atoms in total. The summed E-state index contributed by atoms with van der Waals surface area (Å²) in [6.07, 6.45) is 6.23. The number of carbonyl (C=O) groups is 2. The lowest BCUT2D eigenvalue weighted by molar-refractivity contribution is -0.154. The van der Waals surface area contributed by atoms with Crippen LogP contribution in [0, 0.1) is 16.7 Å². The van der Waals surface area contributed by atoms with E-state index < -0.39 is 11.4 Å². The maximum Gasteiger partial charge on any atom is 0.313 e. The number of carbonyl (C=O) groups excluding carboxylic acids is 1. The van der Waals surface area contributed by atoms with Crippen LogP contribution in [0.4, 0.5) is 0 Å². The molecule has 22 heavy (non-hydrogen) atoms. The van der Waals surface area contributed by atoms with Gasteiger partial charge in [-0.1, -0.05) is 26.2 Å². The Labute approximate surface area is 132 Å². The van der Waals surface area contributed by atoms with Gasteiger partial charge in [-0.25, -0.2) is 0 Å². The molecule has 3 rings (SSSR count). The normalized spacial score (nSPS) is 35.2. The first-order chi connectivity index (χ1) is 10.4. The molecule has 3 aliphatic rings. The number of amides is 1. The summed E-state index contributed by atoms with van der Waals surface area (Å²) >= 11 is 0. The summed E-state index contributed by atoms with van der Waals surface area (Å²) in [5.41, 5.74) is -1.02. The van der Waals surface area contributed by atoms with Crippen LogP contribution in [0.2, 0.25) is 0 Å². The predicted octanol–water partition coefficient (Wildman–Crippen LogP) is 1.82. The van der Waals surface area contributed by atoms with Crippen LogP contribution in [-0.2, 0) is 9.59 Å². The highest BCUT2D eigenvalue weighted by atomic mass is 16.4. The van der Waals surface area contributed by atoms with E-state index in [0.717, 1.165) is 38.6 Å². The van der Waals surface area contributed by atoms with Gasteiger partial charge in [-0.2, -0.15) is 0 Å². The highest BCUT2D eigenvalue weighted by molar-refractivity contribution is 5.85. The summed E-state index contributed by atoms with van der Waals surface area (Å²) in [6, 6.07) is 0. The lowest BCUT2D eigenvalue weighted by atomic mass is 9.73. The quantitative estimate of drug-likeness (QED) is 0.845. The summed E-state index contributed by atoms with van der Waals surface area (Å²) < 4.78 is 0. The monoisotopic (exact) mass is 308 g/mol. The molecule has 0 bridgehead atoms. The fraction of sp³-hybridized carbons (Fsp3) is 0.882. The van der Waals surface area contributed by atoms with Gasteiger partial charge in [0.25, 0.3) is 0 Å². The molecule has 124 valence electrons. The van der Waals surface area contributed by atoms with Crippen LogP contribution in [-0.4, -0.2) is 60.0 Å². The van der Waals surface area contributed by atoms with E-state index in [1.165, 1.54) is 6.42 Å². The average molecular weight is 308 g/mol. The van der Waals surface area contributed by atoms with E-state index in [4.69, 9.17) is 0 Å². The van der Waals surface area contributed by atoms with E-state index in [2.05, 4.69) is 11.8 Å². The fourth-order valence-electron chi connectivity index (χ4n) is 4.85. The standard InChI is InChI=1S/C17H28N2O3/c1-16(7-4-3-5-8-16)14(20)19-10-13-6-9-18(2)11-17(13,12-19)15(21)22/h13H,3-12H2,1-2H3,(H,21,22)/t13-,17-/m0/s1. The number of hydrogen-bond acceptors (Lipinski definition) is 3. The van der Waals surface area contributed by atoms with Crippen molar-refractivity contribution < 1.29 is 14.7 Å². The summed E-state index contributed by atoms with van der Waals surface area (Å²) in [6.45, 7) is 4.60. The second-order valence-corrected chi connectivity index (χ2v) is 7.99. The molecule has 0 radical (unpaired) electrons. The van der Waals surface area contributed by atoms with Crippen molar-refractivity contribution in [3.63, 3.8) is 0 Å². The van der Waals surface area contributed by atoms with Crippen molar-refractivity contribution in [1.29, 1.82) is 0 Å². The second kappa shape index (κ2) is 5.52. The van der Waals surface area contributed by atoms with E-state index in [1.54, 1.807) is 0 Å². The molecule has 2 heterocycles. The Morgan fingerprint density at radius 2 is 1.82 bits per heavy atom. The molecule has 0 aromatic rings. The average Bonchev–Trinajstić information content (AvgIpc) is 2.87. The molecule has 0 unspecified atom stereocenters. The number of nitrogens with zero attached hydrogens (tertiary/aromatic N) is 2. The van der Waals surface area contributed by atoms with Gasteiger partial charge in [0.15, 0.2) is 0 Å². The zero-order valence-corrected chi connectivity index (χ0v) is 13.8. The number of piperidine rings is 1. The molecule has 5 heteroatoms. The molecule has 2 atom stereocenters. The van der Waals surface area contributed by atoms with E-state index >= 15 is 0 Å². The van der Waals surface area contributed by atoms with Crippen molar-refractivity contribution in [3.05, 3.63) is 0 Å². The highest BCUT2D eigenvalue weighted by Crippen LogP contribution is 2.45. The first kappa shape index (κ1) is 15.8. The number of hydrogen-bond donors (Lipinski definition) is 1. The largest absolute Gasteiger partial charge is 0.481 e. The van der Waals surface area contributed by atoms with E-state index in [1.807, 2.05) is 11.9 Å². The van der Waals surface area contributed by atoms with Crippen molar-refractivity contribution in [2.24, 2.45) is 16.7 Å². The van der Waals surface area contributed by atoms with Crippen LogP contribution in [0.5, 0.6) is 0 Å². The fourth-order valence-corrected chi connectivity index (χ4v) is 4.85. The third-order valence-corrected chi connectivity index (χ3v) is 6.29. The molecule has 2 aliphatic heterocycles. The number of aliphatic carboxylic acids is 1. The molecule has 3 fully saturated rings. The Balaban J connectivity index is 1.80. The van der Waals surface area contributed by atoms with Crippen molar-refractivity contribution >= 4 is 11.9 Å². The van der Waals surface area contributed by atoms with Crippen molar-refractivity contribution in [2.75, 3.05) is 33.2 Å². The number of likely N-dealkylation sites (tertiary alicyclic amines) is 2. The molecular formula is C17H28N2O3. The summed E-state index contributed by atoms with van der Waals surface area (Å²) in [5, 5.41) is 9.83. The van der Waals surface area contributed by atoms with Crippen LogP contribution >= 0.6 is 0 Å². The van der Waals surface area contributed by atoms with Gasteiger partial charge in [0.2, 0.25) is 5.91 Å². The second-order valence-electron chi connectivity index (χ2n) is 7.99. The smallest absolute Gasteiger partial charge is 0.313 e. The number of fused-ring (bicyclic) bond motifs is 1. The Morgan fingerprint density at radius 3 is 2.45 bits per heavy atom. The molecule has 0 aromatic heterocycles. The molecule has 1 aliphatic carbocycles. The number of rotatable bonds is 2. The Hall–Kier alpha value is -1.10. The SMILES string of the molecule is CN1CC[C@H]2CN(C(=O)C3(C)CCCCC3)C[C@@]2(C(=O)O)C1. The molecule has 1 saturated carbocycles. The van der Waals surface area contributed by atoms with E-state index in [0.29, 0.717) is 19.6 Å². The van der Waals surface area contributed by atoms with Crippen LogP contribution in [0.3, 0.4) is 0 Å². The molecule has 0 aromatic carbocycles. The topological polar surface area (TPSA) is 60.9 Å². The van der Waals surface area contributed by atoms with Crippen molar-refractivity contribution in [2.45, 2.75) is 45.4 Å². The van der Waals surface area contributed by atoms with Crippen molar-refractivity contribution in [1.82, 2.24) is 9.80 Å². The Kier molecular flexibility index (Phi) is 3.96. The minimum Gasteiger partial charge on any atom is -0.481 e. The van der Waals surface area contributed by atoms with Gasteiger partial charge in [0, 0.05) is 25.0 Å². The first-order valence-electron chi connectivity index (χ1n) is 8.59. The summed E-state index contributed by atoms with van der Waals surface area (Å²) in [4.78, 5) is 29.0. The van der Waals surface area contributed by atoms with Crippen LogP contribution in [0.1, 0.15) is 45.4 Å². The van der Waals surface area contributed by atoms with Crippen LogP contribution in [0.25, 0.3) is 0 Å². The lowest BCUT2D eigenvalue weighted by Gasteiger charge is -2.39. The number of carboxylic acid groups (broad SMARTS) is 1. The molecule has 1 N–H and O–H groups in total. The van der Waals surface area contributed by atoms with E-state index in [-0.39, 0.29) is 17.2 Å². The predicted molar refractivity (Wildman–Crippen MR) is 83.4 cm³/mol. The van der Waals surface area contributed by atoms with Gasteiger partial charge in [-0.15, -0.1) is 0 Å². The Morgan fingerprint density at radius 1 is 1.14 bits per heavy atom. The van der Waals surface area contributed by atoms with Crippen molar-refractivity contribution in [3.8, 4) is 0 Å². The lowest BCUT2D eigenvalue weighted by Crippen LogP contribution is -2.52. The molecular weight excluding hydrogens is 280 g/mol. The molecule has 0 spiro atoms. The zero-order valence-electron chi connectivity index (χ0n) is 13.8. The zero-order chi connectivity index (χ0) is 16.0. The van der Waals surface area contributed by atoms with Gasteiger partial charge in [-0.3, -0.25) is 9.59 Å². The third kappa shape index (κ3) is 2.43. The minimum atomic E-state index is -0.756. The van der Waals surface area contributed by atoms with Crippen LogP contribution < -0.4 is 0 Å². The van der Waals surface area contributed by atoms with Crippen LogP contribution in [0.15, 0.2) is 0 Å². The minimum absolute atomic E-state index is 0.109. The molecule has 2 saturated heterocycles. The van der Waals surface area contributed by atoms with Gasteiger partial charge < -0.3 is 14.9 Å². The van der Waals surface area contributed by atoms with Gasteiger partial charge in [-0.05, 0) is 38.8 Å². The third-order valence-electron chi connectivity index (χ3n) is 6.29. The van der Waals surface area contributed by atoms with Gasteiger partial charge in [0.05, 0.1) is 0 Å². The van der Waals surface area contributed by atoms with E-state index in [9.17, 15) is 14.7 Å². The first-order valence-corrected chi connectivity index (χ1v) is 8.59. The maximum atomic E-state index is 13.0. The maximum absolute atomic E-state index is 13.0.